The minimum Gasteiger partial charge on any atom is -0.490 e. The van der Waals surface area contributed by atoms with Crippen LogP contribution >= 0.6 is 0 Å². The summed E-state index contributed by atoms with van der Waals surface area (Å²) < 4.78 is 5.52. The summed E-state index contributed by atoms with van der Waals surface area (Å²) in [5.41, 5.74) is -2.47. The highest BCUT2D eigenvalue weighted by Gasteiger charge is 2.49. The van der Waals surface area contributed by atoms with Crippen LogP contribution in [0.15, 0.2) is 48.6 Å². The third kappa shape index (κ3) is 17.5. The number of Topliss-reactive ketones (excluding diaryl/α,β-unsaturated/α-hetero) is 1. The van der Waals surface area contributed by atoms with E-state index in [9.17, 15) is 44.4 Å². The van der Waals surface area contributed by atoms with Gasteiger partial charge in [-0.15, -0.1) is 0 Å². The molecule has 0 heterocycles. The predicted octanol–water partition coefficient (Wildman–Crippen LogP) is 6.12. The van der Waals surface area contributed by atoms with E-state index in [0.717, 1.165) is 51.0 Å². The zero-order valence-electron chi connectivity index (χ0n) is 27.1. The average molecular weight is 662 g/mol. The van der Waals surface area contributed by atoms with Gasteiger partial charge in [0.15, 0.2) is 5.60 Å². The summed E-state index contributed by atoms with van der Waals surface area (Å²) >= 11 is 0. The molecule has 1 aromatic rings. The summed E-state index contributed by atoms with van der Waals surface area (Å²) in [6.07, 6.45) is 14.9. The number of aliphatic carboxylic acids is 3. The third-order valence-corrected chi connectivity index (χ3v) is 7.61. The SMILES string of the molecule is C.C/C=C/COc1ccc(CC(NC(=O)C(/C=C/CCCCCCC(=O)CCCCCCC)C(O)(CC(=O)O)C(=O)O)C(=O)O)cc1. The molecule has 5 N–H and O–H groups in total. The quantitative estimate of drug-likeness (QED) is 0.0571. The van der Waals surface area contributed by atoms with Crippen molar-refractivity contribution >= 4 is 29.6 Å². The molecule has 0 bridgehead atoms. The Morgan fingerprint density at radius 1 is 0.872 bits per heavy atom. The number of allylic oxidation sites excluding steroid dienone is 2. The predicted molar refractivity (Wildman–Crippen MR) is 180 cm³/mol. The standard InChI is InChI=1S/C35H51NO10.CH4/c1-3-5-7-10-13-16-27(37)17-14-11-8-9-12-15-18-29(35(45,34(43)44)25-31(38)39)32(40)36-30(33(41)42)24-26-19-21-28(22-20-26)46-23-6-4-2;/h4,6,15,18-22,29-30,45H,3,5,7-14,16-17,23-25H2,1-2H3,(H,36,40)(H,38,39)(H,41,42)(H,43,44);1H4/b6-4+,18-15+;. The molecular weight excluding hydrogens is 606 g/mol. The van der Waals surface area contributed by atoms with Gasteiger partial charge in [-0.2, -0.15) is 0 Å². The zero-order chi connectivity index (χ0) is 34.4. The summed E-state index contributed by atoms with van der Waals surface area (Å²) in [5, 5.41) is 42.0. The average Bonchev–Trinajstić information content (AvgIpc) is 3.00. The van der Waals surface area contributed by atoms with Gasteiger partial charge in [0.25, 0.3) is 0 Å². The number of nitrogens with one attached hydrogen (secondary N) is 1. The van der Waals surface area contributed by atoms with Crippen LogP contribution in [0, 0.1) is 5.92 Å². The topological polar surface area (TPSA) is 188 Å². The molecule has 3 unspecified atom stereocenters. The first-order valence-corrected chi connectivity index (χ1v) is 16.2. The summed E-state index contributed by atoms with van der Waals surface area (Å²) in [7, 11) is 0. The number of aliphatic hydroxyl groups is 1. The van der Waals surface area contributed by atoms with E-state index in [2.05, 4.69) is 12.2 Å². The number of hydrogen-bond donors (Lipinski definition) is 5. The van der Waals surface area contributed by atoms with Crippen molar-refractivity contribution in [2.75, 3.05) is 6.61 Å². The number of carbonyl (C=O) groups excluding carboxylic acids is 2. The van der Waals surface area contributed by atoms with Gasteiger partial charge < -0.3 is 30.5 Å². The molecule has 0 saturated carbocycles. The van der Waals surface area contributed by atoms with Crippen LogP contribution in [-0.2, 0) is 30.4 Å². The molecule has 0 aliphatic rings. The lowest BCUT2D eigenvalue weighted by Crippen LogP contribution is -2.55. The maximum absolute atomic E-state index is 13.3. The number of ether oxygens (including phenoxy) is 1. The maximum atomic E-state index is 13.3. The molecule has 1 rings (SSSR count). The van der Waals surface area contributed by atoms with Gasteiger partial charge in [0.2, 0.25) is 5.91 Å². The highest BCUT2D eigenvalue weighted by molar-refractivity contribution is 5.94. The summed E-state index contributed by atoms with van der Waals surface area (Å²) in [6.45, 7) is 4.37. The second-order valence-corrected chi connectivity index (χ2v) is 11.5. The van der Waals surface area contributed by atoms with Crippen molar-refractivity contribution in [2.24, 2.45) is 5.92 Å². The highest BCUT2D eigenvalue weighted by atomic mass is 16.5. The Bertz CT molecular complexity index is 1160. The van der Waals surface area contributed by atoms with Gasteiger partial charge in [-0.25, -0.2) is 9.59 Å². The second-order valence-electron chi connectivity index (χ2n) is 11.5. The van der Waals surface area contributed by atoms with Crippen molar-refractivity contribution in [1.29, 1.82) is 0 Å². The number of carboxylic acids is 3. The second kappa shape index (κ2) is 24.2. The van der Waals surface area contributed by atoms with Crippen molar-refractivity contribution in [1.82, 2.24) is 5.32 Å². The largest absolute Gasteiger partial charge is 0.490 e. The van der Waals surface area contributed by atoms with E-state index in [-0.39, 0.29) is 19.6 Å². The van der Waals surface area contributed by atoms with E-state index in [4.69, 9.17) is 4.74 Å². The highest BCUT2D eigenvalue weighted by Crippen LogP contribution is 2.26. The van der Waals surface area contributed by atoms with E-state index in [1.807, 2.05) is 19.1 Å². The molecular formula is C36H55NO10. The van der Waals surface area contributed by atoms with Gasteiger partial charge in [0.1, 0.15) is 24.2 Å². The fraction of sp³-hybridized carbons (Fsp3) is 0.583. The van der Waals surface area contributed by atoms with Crippen molar-refractivity contribution < 1.29 is 49.1 Å². The van der Waals surface area contributed by atoms with Crippen molar-refractivity contribution in [3.8, 4) is 5.75 Å². The van der Waals surface area contributed by atoms with Gasteiger partial charge in [-0.05, 0) is 50.3 Å². The van der Waals surface area contributed by atoms with Crippen LogP contribution in [-0.4, -0.2) is 68.3 Å². The number of unbranched alkanes of at least 4 members (excludes halogenated alkanes) is 8. The molecule has 0 spiro atoms. The molecule has 0 aliphatic carbocycles. The summed E-state index contributed by atoms with van der Waals surface area (Å²) in [4.78, 5) is 60.8. The third-order valence-electron chi connectivity index (χ3n) is 7.61. The van der Waals surface area contributed by atoms with Crippen LogP contribution in [0.2, 0.25) is 0 Å². The lowest BCUT2D eigenvalue weighted by Gasteiger charge is -2.29. The number of amides is 1. The molecule has 0 radical (unpaired) electrons. The molecule has 0 aromatic heterocycles. The van der Waals surface area contributed by atoms with E-state index in [1.165, 1.54) is 12.5 Å². The molecule has 11 nitrogen and oxygen atoms in total. The van der Waals surface area contributed by atoms with Crippen LogP contribution in [0.3, 0.4) is 0 Å². The monoisotopic (exact) mass is 661 g/mol. The number of carbonyl (C=O) groups is 5. The molecule has 1 amide bonds. The van der Waals surface area contributed by atoms with Gasteiger partial charge in [-0.3, -0.25) is 14.4 Å². The molecule has 11 heteroatoms. The van der Waals surface area contributed by atoms with Crippen molar-refractivity contribution in [2.45, 2.75) is 123 Å². The lowest BCUT2D eigenvalue weighted by molar-refractivity contribution is -0.172. The molecule has 3 atom stereocenters. The van der Waals surface area contributed by atoms with Crippen LogP contribution in [0.5, 0.6) is 5.75 Å². The van der Waals surface area contributed by atoms with Crippen molar-refractivity contribution in [3.63, 3.8) is 0 Å². The smallest absolute Gasteiger partial charge is 0.337 e. The van der Waals surface area contributed by atoms with Crippen LogP contribution in [0.1, 0.15) is 110 Å². The van der Waals surface area contributed by atoms with E-state index in [0.29, 0.717) is 43.6 Å². The molecule has 0 fully saturated rings. The van der Waals surface area contributed by atoms with Crippen LogP contribution < -0.4 is 10.1 Å². The van der Waals surface area contributed by atoms with Crippen molar-refractivity contribution in [3.05, 3.63) is 54.1 Å². The first-order chi connectivity index (χ1) is 21.9. The fourth-order valence-electron chi connectivity index (χ4n) is 4.89. The Hall–Kier alpha value is -3.99. The Kier molecular flexibility index (Phi) is 22.2. The Morgan fingerprint density at radius 2 is 1.47 bits per heavy atom. The van der Waals surface area contributed by atoms with Gasteiger partial charge in [0, 0.05) is 19.3 Å². The number of hydrogen-bond acceptors (Lipinski definition) is 7. The normalized spacial score (nSPS) is 13.8. The van der Waals surface area contributed by atoms with Crippen LogP contribution in [0.4, 0.5) is 0 Å². The minimum atomic E-state index is -3.02. The molecule has 1 aromatic carbocycles. The molecule has 264 valence electrons. The Balaban J connectivity index is 0.0000212. The van der Waals surface area contributed by atoms with Gasteiger partial charge in [0.05, 0.1) is 12.3 Å². The minimum absolute atomic E-state index is 0. The Labute approximate surface area is 279 Å². The van der Waals surface area contributed by atoms with E-state index >= 15 is 0 Å². The summed E-state index contributed by atoms with van der Waals surface area (Å²) in [6, 6.07) is 5.07. The molecule has 0 saturated heterocycles. The Morgan fingerprint density at radius 3 is 2.00 bits per heavy atom. The summed E-state index contributed by atoms with van der Waals surface area (Å²) in [5.74, 6) is -7.13. The number of carboxylic acid groups (broad SMARTS) is 3. The fourth-order valence-corrected chi connectivity index (χ4v) is 4.89. The maximum Gasteiger partial charge on any atom is 0.337 e. The first kappa shape index (κ1) is 43.0. The first-order valence-electron chi connectivity index (χ1n) is 16.2. The van der Waals surface area contributed by atoms with E-state index in [1.54, 1.807) is 24.3 Å². The number of benzene rings is 1. The zero-order valence-corrected chi connectivity index (χ0v) is 27.1. The van der Waals surface area contributed by atoms with Gasteiger partial charge in [-0.1, -0.05) is 89.3 Å². The molecule has 0 aliphatic heterocycles. The van der Waals surface area contributed by atoms with E-state index < -0.39 is 47.8 Å². The number of rotatable bonds is 26. The molecule has 47 heavy (non-hydrogen) atoms. The van der Waals surface area contributed by atoms with Crippen LogP contribution in [0.25, 0.3) is 0 Å². The van der Waals surface area contributed by atoms with Gasteiger partial charge >= 0.3 is 17.9 Å². The lowest BCUT2D eigenvalue weighted by atomic mass is 9.82. The number of ketones is 1.